The normalized spacial score (nSPS) is 16.0. The lowest BCUT2D eigenvalue weighted by Crippen LogP contribution is -2.49. The van der Waals surface area contributed by atoms with E-state index in [0.29, 0.717) is 23.5 Å². The van der Waals surface area contributed by atoms with E-state index in [9.17, 15) is 26.4 Å². The van der Waals surface area contributed by atoms with Crippen LogP contribution in [0.5, 0.6) is 0 Å². The summed E-state index contributed by atoms with van der Waals surface area (Å²) in [7, 11) is -3.98. The molecular weight excluding hydrogens is 371 g/mol. The first kappa shape index (κ1) is 20.5. The number of rotatable bonds is 6. The Hall–Kier alpha value is -1.81. The molecule has 0 bridgehead atoms. The van der Waals surface area contributed by atoms with Crippen molar-refractivity contribution in [2.45, 2.75) is 13.3 Å². The smallest absolute Gasteiger partial charge is 0.232 e. The van der Waals surface area contributed by atoms with Crippen molar-refractivity contribution in [3.05, 3.63) is 29.6 Å². The Balaban J connectivity index is 2.11. The van der Waals surface area contributed by atoms with Crippen molar-refractivity contribution >= 4 is 21.6 Å². The van der Waals surface area contributed by atoms with Gasteiger partial charge in [-0.1, -0.05) is 6.92 Å². The van der Waals surface area contributed by atoms with Crippen LogP contribution in [0, 0.1) is 17.5 Å². The van der Waals surface area contributed by atoms with Crippen LogP contribution < -0.4 is 4.31 Å². The van der Waals surface area contributed by atoms with Crippen molar-refractivity contribution < 1.29 is 26.4 Å². The van der Waals surface area contributed by atoms with Gasteiger partial charge in [0.15, 0.2) is 17.5 Å². The number of halogens is 3. The average Bonchev–Trinajstić information content (AvgIpc) is 2.60. The monoisotopic (exact) mass is 393 g/mol. The van der Waals surface area contributed by atoms with Gasteiger partial charge in [-0.05, 0) is 18.7 Å². The van der Waals surface area contributed by atoms with E-state index >= 15 is 0 Å². The van der Waals surface area contributed by atoms with Crippen LogP contribution in [0.4, 0.5) is 18.9 Å². The van der Waals surface area contributed by atoms with E-state index in [1.165, 1.54) is 0 Å². The number of anilines is 1. The molecule has 0 aromatic heterocycles. The fraction of sp³-hybridized carbons (Fsp3) is 0.562. The topological polar surface area (TPSA) is 60.9 Å². The van der Waals surface area contributed by atoms with Crippen molar-refractivity contribution in [2.75, 3.05) is 49.8 Å². The van der Waals surface area contributed by atoms with E-state index in [1.54, 1.807) is 4.90 Å². The summed E-state index contributed by atoms with van der Waals surface area (Å²) < 4.78 is 65.0. The number of piperazine rings is 1. The Morgan fingerprint density at radius 2 is 1.73 bits per heavy atom. The van der Waals surface area contributed by atoms with Gasteiger partial charge in [-0.25, -0.2) is 21.6 Å². The zero-order valence-electron chi connectivity index (χ0n) is 14.7. The predicted octanol–water partition coefficient (Wildman–Crippen LogP) is 1.42. The second-order valence-electron chi connectivity index (χ2n) is 6.09. The lowest BCUT2D eigenvalue weighted by Gasteiger charge is -2.34. The van der Waals surface area contributed by atoms with Crippen LogP contribution in [0.1, 0.15) is 13.3 Å². The van der Waals surface area contributed by atoms with E-state index < -0.39 is 33.2 Å². The standard InChI is InChI=1S/C16H22F3N3O3S/c1-3-20-8-10-21(11-9-20)14(23)6-7-22(26(2,24)25)13-5-4-12(17)15(18)16(13)19/h4-5H,3,6-11H2,1-2H3. The first-order valence-electron chi connectivity index (χ1n) is 8.26. The molecule has 1 heterocycles. The molecule has 2 rings (SSSR count). The number of likely N-dealkylation sites (N-methyl/N-ethyl adjacent to an activating group) is 1. The van der Waals surface area contributed by atoms with Gasteiger partial charge in [0.25, 0.3) is 0 Å². The maximum absolute atomic E-state index is 14.0. The number of hydrogen-bond donors (Lipinski definition) is 0. The molecular formula is C16H22F3N3O3S. The second-order valence-corrected chi connectivity index (χ2v) is 8.00. The van der Waals surface area contributed by atoms with Gasteiger partial charge in [0.05, 0.1) is 11.9 Å². The van der Waals surface area contributed by atoms with Crippen LogP contribution in [0.15, 0.2) is 12.1 Å². The van der Waals surface area contributed by atoms with E-state index in [1.807, 2.05) is 6.92 Å². The van der Waals surface area contributed by atoms with Gasteiger partial charge in [0, 0.05) is 39.1 Å². The Bertz CT molecular complexity index is 765. The summed E-state index contributed by atoms with van der Waals surface area (Å²) in [5.41, 5.74) is -0.616. The average molecular weight is 393 g/mol. The highest BCUT2D eigenvalue weighted by Gasteiger charge is 2.27. The van der Waals surface area contributed by atoms with Crippen molar-refractivity contribution in [3.8, 4) is 0 Å². The third-order valence-electron chi connectivity index (χ3n) is 4.38. The third-order valence-corrected chi connectivity index (χ3v) is 5.56. The fourth-order valence-corrected chi connectivity index (χ4v) is 3.76. The Morgan fingerprint density at radius 3 is 2.27 bits per heavy atom. The number of sulfonamides is 1. The molecule has 1 aliphatic heterocycles. The molecule has 1 aliphatic rings. The highest BCUT2D eigenvalue weighted by Crippen LogP contribution is 2.25. The number of carbonyl (C=O) groups excluding carboxylic acids is 1. The molecule has 0 unspecified atom stereocenters. The second kappa shape index (κ2) is 8.26. The Labute approximate surface area is 151 Å². The molecule has 0 spiro atoms. The SMILES string of the molecule is CCN1CCN(C(=O)CCN(c2ccc(F)c(F)c2F)S(C)(=O)=O)CC1. The minimum Gasteiger partial charge on any atom is -0.340 e. The third kappa shape index (κ3) is 4.67. The van der Waals surface area contributed by atoms with Crippen LogP contribution in [0.2, 0.25) is 0 Å². The lowest BCUT2D eigenvalue weighted by atomic mass is 10.2. The van der Waals surface area contributed by atoms with Gasteiger partial charge in [0.1, 0.15) is 0 Å². The summed E-state index contributed by atoms with van der Waals surface area (Å²) in [5.74, 6) is -5.03. The van der Waals surface area contributed by atoms with E-state index in [2.05, 4.69) is 4.90 Å². The lowest BCUT2D eigenvalue weighted by molar-refractivity contribution is -0.132. The van der Waals surface area contributed by atoms with Crippen LogP contribution in [-0.2, 0) is 14.8 Å². The Morgan fingerprint density at radius 1 is 1.12 bits per heavy atom. The van der Waals surface area contributed by atoms with E-state index in [0.717, 1.165) is 32.0 Å². The van der Waals surface area contributed by atoms with Gasteiger partial charge < -0.3 is 9.80 Å². The van der Waals surface area contributed by atoms with Crippen molar-refractivity contribution in [1.29, 1.82) is 0 Å². The largest absolute Gasteiger partial charge is 0.340 e. The van der Waals surface area contributed by atoms with E-state index in [-0.39, 0.29) is 18.9 Å². The highest BCUT2D eigenvalue weighted by molar-refractivity contribution is 7.92. The number of hydrogen-bond acceptors (Lipinski definition) is 4. The van der Waals surface area contributed by atoms with E-state index in [4.69, 9.17) is 0 Å². The quantitative estimate of drug-likeness (QED) is 0.686. The van der Waals surface area contributed by atoms with Gasteiger partial charge in [-0.2, -0.15) is 0 Å². The summed E-state index contributed by atoms with van der Waals surface area (Å²) in [6, 6.07) is 1.50. The molecule has 0 radical (unpaired) electrons. The highest BCUT2D eigenvalue weighted by atomic mass is 32.2. The number of carbonyl (C=O) groups is 1. The van der Waals surface area contributed by atoms with Crippen LogP contribution in [0.25, 0.3) is 0 Å². The summed E-state index contributed by atoms with van der Waals surface area (Å²) in [4.78, 5) is 16.1. The van der Waals surface area contributed by atoms with Gasteiger partial charge in [-0.15, -0.1) is 0 Å². The minimum atomic E-state index is -3.98. The van der Waals surface area contributed by atoms with Gasteiger partial charge in [-0.3, -0.25) is 9.10 Å². The fourth-order valence-electron chi connectivity index (χ4n) is 2.84. The van der Waals surface area contributed by atoms with Crippen LogP contribution in [-0.4, -0.2) is 69.6 Å². The maximum Gasteiger partial charge on any atom is 0.232 e. The number of nitrogens with zero attached hydrogens (tertiary/aromatic N) is 3. The maximum atomic E-state index is 14.0. The number of amides is 1. The zero-order chi connectivity index (χ0) is 19.5. The summed E-state index contributed by atoms with van der Waals surface area (Å²) >= 11 is 0. The van der Waals surface area contributed by atoms with Gasteiger partial charge in [0.2, 0.25) is 15.9 Å². The van der Waals surface area contributed by atoms with Gasteiger partial charge >= 0.3 is 0 Å². The Kier molecular flexibility index (Phi) is 6.51. The van der Waals surface area contributed by atoms with Crippen molar-refractivity contribution in [1.82, 2.24) is 9.80 Å². The molecule has 26 heavy (non-hydrogen) atoms. The molecule has 1 aromatic rings. The molecule has 0 N–H and O–H groups in total. The molecule has 146 valence electrons. The molecule has 1 amide bonds. The molecule has 10 heteroatoms. The molecule has 6 nitrogen and oxygen atoms in total. The van der Waals surface area contributed by atoms with Crippen molar-refractivity contribution in [3.63, 3.8) is 0 Å². The molecule has 1 fully saturated rings. The molecule has 0 saturated carbocycles. The molecule has 0 atom stereocenters. The van der Waals surface area contributed by atoms with Crippen LogP contribution in [0.3, 0.4) is 0 Å². The summed E-state index contributed by atoms with van der Waals surface area (Å²) in [6.07, 6.45) is 0.635. The predicted molar refractivity (Wildman–Crippen MR) is 91.8 cm³/mol. The summed E-state index contributed by atoms with van der Waals surface area (Å²) in [5, 5.41) is 0. The molecule has 1 aromatic carbocycles. The zero-order valence-corrected chi connectivity index (χ0v) is 15.5. The minimum absolute atomic E-state index is 0.183. The first-order chi connectivity index (χ1) is 12.1. The molecule has 0 aliphatic carbocycles. The molecule has 1 saturated heterocycles. The van der Waals surface area contributed by atoms with Crippen LogP contribution >= 0.6 is 0 Å². The first-order valence-corrected chi connectivity index (χ1v) is 10.1. The summed E-state index contributed by atoms with van der Waals surface area (Å²) in [6.45, 7) is 5.09. The number of benzene rings is 1. The van der Waals surface area contributed by atoms with Crippen molar-refractivity contribution in [2.24, 2.45) is 0 Å².